The van der Waals surface area contributed by atoms with Gasteiger partial charge in [-0.2, -0.15) is 0 Å². The van der Waals surface area contributed by atoms with Crippen LogP contribution in [-0.2, 0) is 4.74 Å². The number of carbonyl (C=O) groups excluding carboxylic acids is 1. The molecule has 0 bridgehead atoms. The van der Waals surface area contributed by atoms with E-state index < -0.39 is 0 Å². The highest BCUT2D eigenvalue weighted by atomic mass is 32.1. The predicted octanol–water partition coefficient (Wildman–Crippen LogP) is 4.61. The van der Waals surface area contributed by atoms with Crippen molar-refractivity contribution in [3.8, 4) is 17.0 Å². The average Bonchev–Trinajstić information content (AvgIpc) is 3.22. The van der Waals surface area contributed by atoms with Gasteiger partial charge in [0.1, 0.15) is 10.6 Å². The van der Waals surface area contributed by atoms with Gasteiger partial charge in [0.05, 0.1) is 25.5 Å². The molecule has 0 unspecified atom stereocenters. The van der Waals surface area contributed by atoms with Crippen molar-refractivity contribution in [1.29, 1.82) is 0 Å². The second kappa shape index (κ2) is 9.28. The smallest absolute Gasteiger partial charge is 0.268 e. The molecule has 156 valence electrons. The number of ether oxygens (including phenoxy) is 2. The number of nitrogens with one attached hydrogen (secondary N) is 1. The minimum atomic E-state index is -0.160. The summed E-state index contributed by atoms with van der Waals surface area (Å²) in [5.41, 5.74) is 3.54. The molecule has 1 N–H and O–H groups in total. The Labute approximate surface area is 180 Å². The Balaban J connectivity index is 1.63. The predicted molar refractivity (Wildman–Crippen MR) is 121 cm³/mol. The molecular formula is C23H25N3O3S. The van der Waals surface area contributed by atoms with Crippen molar-refractivity contribution in [1.82, 2.24) is 4.98 Å². The van der Waals surface area contributed by atoms with Gasteiger partial charge in [0.15, 0.2) is 5.13 Å². The number of amides is 1. The number of rotatable bonds is 6. The van der Waals surface area contributed by atoms with Crippen LogP contribution in [0.3, 0.4) is 0 Å². The first-order valence-electron chi connectivity index (χ1n) is 10.1. The monoisotopic (exact) mass is 423 g/mol. The molecule has 0 radical (unpaired) electrons. The number of aryl methyl sites for hydroxylation is 1. The number of benzene rings is 2. The third-order valence-electron chi connectivity index (χ3n) is 4.85. The molecule has 4 rings (SSSR count). The zero-order valence-corrected chi connectivity index (χ0v) is 18.0. The summed E-state index contributed by atoms with van der Waals surface area (Å²) in [6.45, 7) is 7.50. The number of carbonyl (C=O) groups is 1. The molecule has 1 aliphatic heterocycles. The van der Waals surface area contributed by atoms with Gasteiger partial charge >= 0.3 is 0 Å². The van der Waals surface area contributed by atoms with Crippen LogP contribution in [0, 0.1) is 6.92 Å². The van der Waals surface area contributed by atoms with Crippen LogP contribution < -0.4 is 15.0 Å². The van der Waals surface area contributed by atoms with Gasteiger partial charge in [-0.3, -0.25) is 4.79 Å². The number of aromatic nitrogens is 1. The lowest BCUT2D eigenvalue weighted by Crippen LogP contribution is -2.36. The molecule has 1 amide bonds. The molecule has 0 aliphatic carbocycles. The highest BCUT2D eigenvalue weighted by molar-refractivity contribution is 7.18. The fraction of sp³-hybridized carbons (Fsp3) is 0.304. The molecule has 1 saturated heterocycles. The van der Waals surface area contributed by atoms with Gasteiger partial charge in [-0.1, -0.05) is 41.2 Å². The number of nitrogens with zero attached hydrogens (tertiary/aromatic N) is 2. The van der Waals surface area contributed by atoms with Crippen LogP contribution in [0.2, 0.25) is 0 Å². The highest BCUT2D eigenvalue weighted by Gasteiger charge is 2.23. The Morgan fingerprint density at radius 2 is 1.83 bits per heavy atom. The number of thiazole rings is 1. The molecule has 2 aromatic carbocycles. The maximum atomic E-state index is 13.2. The molecule has 6 nitrogen and oxygen atoms in total. The van der Waals surface area contributed by atoms with E-state index in [-0.39, 0.29) is 5.91 Å². The first-order valence-corrected chi connectivity index (χ1v) is 10.9. The van der Waals surface area contributed by atoms with E-state index in [9.17, 15) is 4.79 Å². The maximum Gasteiger partial charge on any atom is 0.268 e. The summed E-state index contributed by atoms with van der Waals surface area (Å²) in [5.74, 6) is 0.620. The summed E-state index contributed by atoms with van der Waals surface area (Å²) in [7, 11) is 0. The Morgan fingerprint density at radius 1 is 1.13 bits per heavy atom. The van der Waals surface area contributed by atoms with Crippen LogP contribution in [0.4, 0.5) is 10.8 Å². The van der Waals surface area contributed by atoms with E-state index >= 15 is 0 Å². The molecule has 1 fully saturated rings. The summed E-state index contributed by atoms with van der Waals surface area (Å²) in [6, 6.07) is 15.5. The summed E-state index contributed by atoms with van der Waals surface area (Å²) in [5, 5.41) is 3.85. The van der Waals surface area contributed by atoms with E-state index in [1.54, 1.807) is 0 Å². The lowest BCUT2D eigenvalue weighted by molar-refractivity contribution is 0.103. The minimum absolute atomic E-state index is 0.160. The van der Waals surface area contributed by atoms with E-state index in [2.05, 4.69) is 10.2 Å². The van der Waals surface area contributed by atoms with E-state index in [1.165, 1.54) is 16.9 Å². The quantitative estimate of drug-likeness (QED) is 0.627. The van der Waals surface area contributed by atoms with E-state index in [1.807, 2.05) is 62.4 Å². The topological polar surface area (TPSA) is 63.7 Å². The maximum absolute atomic E-state index is 13.2. The second-order valence-corrected chi connectivity index (χ2v) is 8.03. The summed E-state index contributed by atoms with van der Waals surface area (Å²) >= 11 is 1.43. The van der Waals surface area contributed by atoms with Crippen LogP contribution >= 0.6 is 11.3 Å². The normalized spacial score (nSPS) is 13.9. The lowest BCUT2D eigenvalue weighted by Gasteiger charge is -2.26. The number of morpholine rings is 1. The zero-order chi connectivity index (χ0) is 20.9. The molecular weight excluding hydrogens is 398 g/mol. The molecule has 3 aromatic rings. The average molecular weight is 424 g/mol. The molecule has 1 aliphatic rings. The molecule has 0 saturated carbocycles. The first kappa shape index (κ1) is 20.4. The summed E-state index contributed by atoms with van der Waals surface area (Å²) < 4.78 is 10.9. The zero-order valence-electron chi connectivity index (χ0n) is 17.2. The molecule has 30 heavy (non-hydrogen) atoms. The minimum Gasteiger partial charge on any atom is -0.494 e. The van der Waals surface area contributed by atoms with Gasteiger partial charge in [0.25, 0.3) is 5.91 Å². The van der Waals surface area contributed by atoms with Crippen molar-refractivity contribution >= 4 is 28.1 Å². The Morgan fingerprint density at radius 3 is 2.50 bits per heavy atom. The Kier molecular flexibility index (Phi) is 6.30. The van der Waals surface area contributed by atoms with Crippen molar-refractivity contribution in [3.05, 3.63) is 59.0 Å². The summed E-state index contributed by atoms with van der Waals surface area (Å²) in [6.07, 6.45) is 0. The van der Waals surface area contributed by atoms with Gasteiger partial charge in [-0.05, 0) is 38.1 Å². The first-order chi connectivity index (χ1) is 14.6. The van der Waals surface area contributed by atoms with Crippen molar-refractivity contribution in [2.45, 2.75) is 13.8 Å². The summed E-state index contributed by atoms with van der Waals surface area (Å²) in [4.78, 5) is 20.8. The number of hydrogen-bond donors (Lipinski definition) is 1. The number of hydrogen-bond acceptors (Lipinski definition) is 6. The van der Waals surface area contributed by atoms with Gasteiger partial charge < -0.3 is 19.7 Å². The van der Waals surface area contributed by atoms with E-state index in [4.69, 9.17) is 14.5 Å². The van der Waals surface area contributed by atoms with Crippen LogP contribution in [0.1, 0.15) is 22.2 Å². The second-order valence-electron chi connectivity index (χ2n) is 7.05. The van der Waals surface area contributed by atoms with Gasteiger partial charge in [-0.15, -0.1) is 0 Å². The Bertz CT molecular complexity index is 994. The third kappa shape index (κ3) is 4.63. The molecule has 0 atom stereocenters. The van der Waals surface area contributed by atoms with Crippen LogP contribution in [0.5, 0.6) is 5.75 Å². The Hall–Kier alpha value is -2.90. The molecule has 2 heterocycles. The third-order valence-corrected chi connectivity index (χ3v) is 5.97. The van der Waals surface area contributed by atoms with Gasteiger partial charge in [-0.25, -0.2) is 4.98 Å². The van der Waals surface area contributed by atoms with Crippen molar-refractivity contribution in [2.24, 2.45) is 0 Å². The highest BCUT2D eigenvalue weighted by Crippen LogP contribution is 2.34. The van der Waals surface area contributed by atoms with Crippen LogP contribution in [-0.4, -0.2) is 43.8 Å². The number of anilines is 2. The fourth-order valence-corrected chi connectivity index (χ4v) is 4.28. The molecule has 0 spiro atoms. The van der Waals surface area contributed by atoms with Gasteiger partial charge in [0.2, 0.25) is 0 Å². The van der Waals surface area contributed by atoms with Gasteiger partial charge in [0, 0.05) is 24.3 Å². The largest absolute Gasteiger partial charge is 0.494 e. The molecule has 7 heteroatoms. The standard InChI is InChI=1S/C23H25N3O3S/c1-3-29-19-10-8-18(9-11-19)24-22(27)21-20(17-6-4-16(2)5-7-17)25-23(30-21)26-12-14-28-15-13-26/h4-11H,3,12-15H2,1-2H3,(H,24,27). The molecule has 1 aromatic heterocycles. The van der Waals surface area contributed by atoms with Crippen LogP contribution in [0.15, 0.2) is 48.5 Å². The SMILES string of the molecule is CCOc1ccc(NC(=O)c2sc(N3CCOCC3)nc2-c2ccc(C)cc2)cc1. The van der Waals surface area contributed by atoms with Crippen molar-refractivity contribution < 1.29 is 14.3 Å². The fourth-order valence-electron chi connectivity index (χ4n) is 3.25. The van der Waals surface area contributed by atoms with E-state index in [0.717, 1.165) is 35.2 Å². The van der Waals surface area contributed by atoms with Crippen LogP contribution in [0.25, 0.3) is 11.3 Å². The lowest BCUT2D eigenvalue weighted by atomic mass is 10.1. The van der Waals surface area contributed by atoms with Crippen molar-refractivity contribution in [2.75, 3.05) is 43.1 Å². The van der Waals surface area contributed by atoms with Crippen molar-refractivity contribution in [3.63, 3.8) is 0 Å². The van der Waals surface area contributed by atoms with E-state index in [0.29, 0.717) is 30.4 Å².